The van der Waals surface area contributed by atoms with Crippen LogP contribution in [-0.4, -0.2) is 34.6 Å². The fourth-order valence-corrected chi connectivity index (χ4v) is 2.20. The van der Waals surface area contributed by atoms with E-state index >= 15 is 0 Å². The molecule has 7 heteroatoms. The van der Waals surface area contributed by atoms with Crippen LogP contribution in [0.4, 0.5) is 5.13 Å². The number of amides is 1. The number of thiazole rings is 1. The molecular weight excluding hydrogens is 254 g/mol. The Balaban J connectivity index is 2.64. The Morgan fingerprint density at radius 1 is 1.50 bits per heavy atom. The van der Waals surface area contributed by atoms with Crippen molar-refractivity contribution in [1.29, 1.82) is 0 Å². The quantitative estimate of drug-likeness (QED) is 0.729. The number of nitrogens with one attached hydrogen (secondary N) is 2. The molecule has 0 saturated heterocycles. The molecule has 0 aliphatic carbocycles. The maximum absolute atomic E-state index is 11.6. The monoisotopic (exact) mass is 271 g/mol. The van der Waals surface area contributed by atoms with Crippen molar-refractivity contribution >= 4 is 28.3 Å². The van der Waals surface area contributed by atoms with Crippen LogP contribution in [0.25, 0.3) is 0 Å². The van der Waals surface area contributed by atoms with E-state index in [0.29, 0.717) is 17.4 Å². The van der Waals surface area contributed by atoms with Crippen molar-refractivity contribution in [2.45, 2.75) is 33.2 Å². The van der Waals surface area contributed by atoms with Gasteiger partial charge >= 0.3 is 5.97 Å². The molecule has 6 nitrogen and oxygen atoms in total. The normalized spacial score (nSPS) is 11.9. The lowest BCUT2D eigenvalue weighted by Crippen LogP contribution is -2.37. The summed E-state index contributed by atoms with van der Waals surface area (Å²) >= 11 is 1.04. The number of carbonyl (C=O) groups excluding carboxylic acids is 1. The Morgan fingerprint density at radius 2 is 2.17 bits per heavy atom. The van der Waals surface area contributed by atoms with E-state index in [1.165, 1.54) is 0 Å². The second-order valence-electron chi connectivity index (χ2n) is 3.90. The molecule has 3 N–H and O–H groups in total. The molecule has 0 radical (unpaired) electrons. The molecule has 0 spiro atoms. The number of carboxylic acid groups (broad SMARTS) is 1. The molecule has 1 unspecified atom stereocenters. The summed E-state index contributed by atoms with van der Waals surface area (Å²) in [5.74, 6) is -1.12. The van der Waals surface area contributed by atoms with Crippen LogP contribution in [0.15, 0.2) is 0 Å². The smallest absolute Gasteiger partial charge is 0.347 e. The van der Waals surface area contributed by atoms with E-state index < -0.39 is 12.0 Å². The van der Waals surface area contributed by atoms with Crippen LogP contribution >= 0.6 is 11.3 Å². The SMILES string of the molecule is CCCNC(=O)C(C)Nc1nc(C)c(C(=O)O)s1. The highest BCUT2D eigenvalue weighted by Gasteiger charge is 2.17. The molecule has 1 rings (SSSR count). The van der Waals surface area contributed by atoms with Gasteiger partial charge in [0.1, 0.15) is 10.9 Å². The standard InChI is InChI=1S/C11H17N3O3S/c1-4-5-12-9(15)7(3)14-11-13-6(2)8(18-11)10(16)17/h7H,4-5H2,1-3H3,(H,12,15)(H,13,14)(H,16,17). The van der Waals surface area contributed by atoms with E-state index in [-0.39, 0.29) is 10.8 Å². The van der Waals surface area contributed by atoms with Crippen LogP contribution in [-0.2, 0) is 4.79 Å². The molecule has 0 fully saturated rings. The summed E-state index contributed by atoms with van der Waals surface area (Å²) in [7, 11) is 0. The average molecular weight is 271 g/mol. The Hall–Kier alpha value is -1.63. The summed E-state index contributed by atoms with van der Waals surface area (Å²) in [6.07, 6.45) is 0.873. The Bertz CT molecular complexity index is 445. The second-order valence-corrected chi connectivity index (χ2v) is 4.89. The van der Waals surface area contributed by atoms with Gasteiger partial charge in [-0.3, -0.25) is 4.79 Å². The third kappa shape index (κ3) is 3.69. The summed E-state index contributed by atoms with van der Waals surface area (Å²) in [4.78, 5) is 26.8. The molecule has 0 aliphatic rings. The second kappa shape index (κ2) is 6.34. The number of anilines is 1. The number of carbonyl (C=O) groups is 2. The van der Waals surface area contributed by atoms with E-state index in [1.54, 1.807) is 13.8 Å². The van der Waals surface area contributed by atoms with Crippen LogP contribution < -0.4 is 10.6 Å². The number of hydrogen-bond acceptors (Lipinski definition) is 5. The van der Waals surface area contributed by atoms with Gasteiger partial charge in [0.05, 0.1) is 5.69 Å². The summed E-state index contributed by atoms with van der Waals surface area (Å²) in [5, 5.41) is 15.0. The highest BCUT2D eigenvalue weighted by Crippen LogP contribution is 2.22. The van der Waals surface area contributed by atoms with Gasteiger partial charge in [-0.25, -0.2) is 9.78 Å². The zero-order valence-electron chi connectivity index (χ0n) is 10.6. The van der Waals surface area contributed by atoms with Crippen molar-refractivity contribution in [3.8, 4) is 0 Å². The highest BCUT2D eigenvalue weighted by atomic mass is 32.1. The summed E-state index contributed by atoms with van der Waals surface area (Å²) in [5.41, 5.74) is 0.455. The maximum Gasteiger partial charge on any atom is 0.347 e. The number of aromatic carboxylic acids is 1. The first-order valence-corrected chi connectivity index (χ1v) is 6.52. The molecule has 0 aromatic carbocycles. The lowest BCUT2D eigenvalue weighted by atomic mass is 10.3. The summed E-state index contributed by atoms with van der Waals surface area (Å²) in [6.45, 7) is 5.94. The minimum absolute atomic E-state index is 0.124. The van der Waals surface area contributed by atoms with Gasteiger partial charge in [-0.1, -0.05) is 18.3 Å². The van der Waals surface area contributed by atoms with Gasteiger partial charge in [-0.2, -0.15) is 0 Å². The molecule has 1 atom stereocenters. The predicted molar refractivity (Wildman–Crippen MR) is 70.2 cm³/mol. The Morgan fingerprint density at radius 3 is 2.67 bits per heavy atom. The molecule has 1 aromatic heterocycles. The van der Waals surface area contributed by atoms with E-state index in [4.69, 9.17) is 5.11 Å². The highest BCUT2D eigenvalue weighted by molar-refractivity contribution is 7.17. The van der Waals surface area contributed by atoms with Crippen LogP contribution in [0.2, 0.25) is 0 Å². The molecule has 0 bridgehead atoms. The molecule has 1 amide bonds. The van der Waals surface area contributed by atoms with Crippen molar-refractivity contribution in [3.63, 3.8) is 0 Å². The van der Waals surface area contributed by atoms with Crippen LogP contribution in [0.5, 0.6) is 0 Å². The minimum atomic E-state index is -0.999. The van der Waals surface area contributed by atoms with Gasteiger partial charge in [0, 0.05) is 6.54 Å². The number of nitrogens with zero attached hydrogens (tertiary/aromatic N) is 1. The molecule has 1 heterocycles. The van der Waals surface area contributed by atoms with E-state index in [0.717, 1.165) is 17.8 Å². The molecule has 18 heavy (non-hydrogen) atoms. The third-order valence-corrected chi connectivity index (χ3v) is 3.35. The van der Waals surface area contributed by atoms with E-state index in [9.17, 15) is 9.59 Å². The summed E-state index contributed by atoms with van der Waals surface area (Å²) in [6, 6.07) is -0.441. The minimum Gasteiger partial charge on any atom is -0.477 e. The van der Waals surface area contributed by atoms with Gasteiger partial charge < -0.3 is 15.7 Å². The van der Waals surface area contributed by atoms with Gasteiger partial charge in [0.2, 0.25) is 5.91 Å². The first kappa shape index (κ1) is 14.4. The summed E-state index contributed by atoms with van der Waals surface area (Å²) < 4.78 is 0. The van der Waals surface area contributed by atoms with Gasteiger partial charge in [-0.15, -0.1) is 0 Å². The zero-order valence-corrected chi connectivity index (χ0v) is 11.4. The number of rotatable bonds is 6. The van der Waals surface area contributed by atoms with Crippen molar-refractivity contribution in [3.05, 3.63) is 10.6 Å². The van der Waals surface area contributed by atoms with E-state index in [2.05, 4.69) is 15.6 Å². The fourth-order valence-electron chi connectivity index (χ4n) is 1.31. The Kier molecular flexibility index (Phi) is 5.08. The lowest BCUT2D eigenvalue weighted by molar-refractivity contribution is -0.121. The topological polar surface area (TPSA) is 91.3 Å². The largest absolute Gasteiger partial charge is 0.477 e. The van der Waals surface area contributed by atoms with Gasteiger partial charge in [-0.05, 0) is 20.3 Å². The van der Waals surface area contributed by atoms with Gasteiger partial charge in [0.15, 0.2) is 5.13 Å². The molecule has 1 aromatic rings. The molecule has 0 aliphatic heterocycles. The first-order chi connectivity index (χ1) is 8.45. The van der Waals surface area contributed by atoms with Gasteiger partial charge in [0.25, 0.3) is 0 Å². The van der Waals surface area contributed by atoms with Crippen molar-refractivity contribution in [2.24, 2.45) is 0 Å². The molecular formula is C11H17N3O3S. The van der Waals surface area contributed by atoms with Crippen molar-refractivity contribution < 1.29 is 14.7 Å². The Labute approximate surface area is 109 Å². The van der Waals surface area contributed by atoms with E-state index in [1.807, 2.05) is 6.92 Å². The number of aryl methyl sites for hydroxylation is 1. The van der Waals surface area contributed by atoms with Crippen molar-refractivity contribution in [1.82, 2.24) is 10.3 Å². The average Bonchev–Trinajstić information content (AvgIpc) is 2.67. The zero-order chi connectivity index (χ0) is 13.7. The van der Waals surface area contributed by atoms with Crippen LogP contribution in [0.3, 0.4) is 0 Å². The number of hydrogen-bond donors (Lipinski definition) is 3. The molecule has 100 valence electrons. The van der Waals surface area contributed by atoms with Crippen molar-refractivity contribution in [2.75, 3.05) is 11.9 Å². The lowest BCUT2D eigenvalue weighted by Gasteiger charge is -2.12. The first-order valence-electron chi connectivity index (χ1n) is 5.70. The fraction of sp³-hybridized carbons (Fsp3) is 0.545. The molecule has 0 saturated carbocycles. The third-order valence-electron chi connectivity index (χ3n) is 2.27. The van der Waals surface area contributed by atoms with Crippen LogP contribution in [0, 0.1) is 6.92 Å². The van der Waals surface area contributed by atoms with Crippen LogP contribution in [0.1, 0.15) is 35.6 Å². The number of aromatic nitrogens is 1. The predicted octanol–water partition coefficient (Wildman–Crippen LogP) is 1.48. The number of carboxylic acids is 1. The maximum atomic E-state index is 11.6.